The van der Waals surface area contributed by atoms with E-state index in [0.29, 0.717) is 19.4 Å². The minimum atomic E-state index is -4.57. The molecule has 31 heavy (non-hydrogen) atoms. The van der Waals surface area contributed by atoms with E-state index < -0.39 is 33.6 Å². The number of carbonyl (C=O) groups excluding carboxylic acids is 1. The molecule has 168 valence electrons. The van der Waals surface area contributed by atoms with Gasteiger partial charge in [-0.3, -0.25) is 4.79 Å². The molecule has 0 saturated carbocycles. The van der Waals surface area contributed by atoms with E-state index in [9.17, 15) is 26.4 Å². The predicted molar refractivity (Wildman–Crippen MR) is 107 cm³/mol. The molecule has 3 rings (SSSR count). The van der Waals surface area contributed by atoms with E-state index in [-0.39, 0.29) is 28.7 Å². The largest absolute Gasteiger partial charge is 0.495 e. The minimum absolute atomic E-state index is 0.0309. The van der Waals surface area contributed by atoms with E-state index in [2.05, 4.69) is 10.3 Å². The standard InChI is InChI=1S/C19H21F3N4O4S/c1-30-16-7-6-13(31(23,28)29)10-15(16)25-18(27)12-4-3-9-26(11-12)17-14(19(20,21)22)5-2-8-24-17/h2,5-8,10,12H,3-4,9,11H2,1H3,(H,25,27)(H2,23,28,29). The van der Waals surface area contributed by atoms with Crippen molar-refractivity contribution < 1.29 is 31.1 Å². The number of anilines is 2. The number of piperidine rings is 1. The molecule has 8 nitrogen and oxygen atoms in total. The van der Waals surface area contributed by atoms with Crippen molar-refractivity contribution in [1.29, 1.82) is 0 Å². The van der Waals surface area contributed by atoms with Crippen molar-refractivity contribution in [3.63, 3.8) is 0 Å². The SMILES string of the molecule is COc1ccc(S(N)(=O)=O)cc1NC(=O)C1CCCN(c2ncccc2C(F)(F)F)C1. The van der Waals surface area contributed by atoms with Crippen LogP contribution >= 0.6 is 0 Å². The van der Waals surface area contributed by atoms with E-state index in [1.54, 1.807) is 0 Å². The fraction of sp³-hybridized carbons (Fsp3) is 0.368. The first kappa shape index (κ1) is 22.8. The minimum Gasteiger partial charge on any atom is -0.495 e. The number of methoxy groups -OCH3 is 1. The van der Waals surface area contributed by atoms with Crippen LogP contribution in [0.15, 0.2) is 41.4 Å². The average Bonchev–Trinajstić information content (AvgIpc) is 2.72. The van der Waals surface area contributed by atoms with Gasteiger partial charge in [0, 0.05) is 19.3 Å². The zero-order chi connectivity index (χ0) is 22.8. The van der Waals surface area contributed by atoms with Crippen molar-refractivity contribution in [3.05, 3.63) is 42.1 Å². The van der Waals surface area contributed by atoms with Gasteiger partial charge in [0.1, 0.15) is 11.6 Å². The number of nitrogens with two attached hydrogens (primary N) is 1. The summed E-state index contributed by atoms with van der Waals surface area (Å²) in [4.78, 5) is 18.0. The van der Waals surface area contributed by atoms with Crippen molar-refractivity contribution in [1.82, 2.24) is 4.98 Å². The van der Waals surface area contributed by atoms with Gasteiger partial charge < -0.3 is 15.0 Å². The van der Waals surface area contributed by atoms with Crippen molar-refractivity contribution in [2.45, 2.75) is 23.9 Å². The van der Waals surface area contributed by atoms with Crippen LogP contribution in [0.2, 0.25) is 0 Å². The number of nitrogens with zero attached hydrogens (tertiary/aromatic N) is 2. The molecule has 1 aromatic carbocycles. The molecular weight excluding hydrogens is 437 g/mol. The molecule has 0 radical (unpaired) electrons. The summed E-state index contributed by atoms with van der Waals surface area (Å²) >= 11 is 0. The number of alkyl halides is 3. The summed E-state index contributed by atoms with van der Waals surface area (Å²) in [5.74, 6) is -1.11. The molecule has 1 unspecified atom stereocenters. The van der Waals surface area contributed by atoms with E-state index in [0.717, 1.165) is 6.07 Å². The van der Waals surface area contributed by atoms with Gasteiger partial charge in [0.05, 0.1) is 29.2 Å². The summed E-state index contributed by atoms with van der Waals surface area (Å²) < 4.78 is 68.4. The number of halogens is 3. The van der Waals surface area contributed by atoms with E-state index in [4.69, 9.17) is 9.88 Å². The molecule has 12 heteroatoms. The highest BCUT2D eigenvalue weighted by atomic mass is 32.2. The Morgan fingerprint density at radius 1 is 1.32 bits per heavy atom. The summed E-state index contributed by atoms with van der Waals surface area (Å²) in [6, 6.07) is 5.94. The maximum Gasteiger partial charge on any atom is 0.419 e. The van der Waals surface area contributed by atoms with Gasteiger partial charge in [-0.15, -0.1) is 0 Å². The number of hydrogen-bond acceptors (Lipinski definition) is 6. The number of pyridine rings is 1. The molecule has 0 spiro atoms. The molecule has 1 fully saturated rings. The number of sulfonamides is 1. The second-order valence-corrected chi connectivity index (χ2v) is 8.62. The topological polar surface area (TPSA) is 115 Å². The number of nitrogens with one attached hydrogen (secondary N) is 1. The van der Waals surface area contributed by atoms with Crippen molar-refractivity contribution in [2.24, 2.45) is 11.1 Å². The van der Waals surface area contributed by atoms with Gasteiger partial charge in [0.25, 0.3) is 0 Å². The fourth-order valence-electron chi connectivity index (χ4n) is 3.45. The van der Waals surface area contributed by atoms with Gasteiger partial charge in [0.15, 0.2) is 0 Å². The Balaban J connectivity index is 1.82. The lowest BCUT2D eigenvalue weighted by Crippen LogP contribution is -2.42. The van der Waals surface area contributed by atoms with E-state index in [1.165, 1.54) is 42.5 Å². The second kappa shape index (κ2) is 8.71. The summed E-state index contributed by atoms with van der Waals surface area (Å²) in [6.07, 6.45) is -2.35. The van der Waals surface area contributed by atoms with Crippen LogP contribution in [0.25, 0.3) is 0 Å². The van der Waals surface area contributed by atoms with Gasteiger partial charge in [-0.05, 0) is 43.2 Å². The number of benzene rings is 1. The zero-order valence-corrected chi connectivity index (χ0v) is 17.3. The first-order valence-corrected chi connectivity index (χ1v) is 10.8. The lowest BCUT2D eigenvalue weighted by atomic mass is 9.96. The molecule has 1 amide bonds. The normalized spacial score (nSPS) is 17.3. The van der Waals surface area contributed by atoms with Gasteiger partial charge in [-0.25, -0.2) is 18.5 Å². The number of ether oxygens (including phenoxy) is 1. The number of hydrogen-bond donors (Lipinski definition) is 2. The zero-order valence-electron chi connectivity index (χ0n) is 16.5. The molecular formula is C19H21F3N4O4S. The Bertz CT molecular complexity index is 1080. The van der Waals surface area contributed by atoms with Gasteiger partial charge in [0.2, 0.25) is 15.9 Å². The van der Waals surface area contributed by atoms with Crippen LogP contribution in [0.5, 0.6) is 5.75 Å². The first-order valence-electron chi connectivity index (χ1n) is 9.29. The Morgan fingerprint density at radius 2 is 2.06 bits per heavy atom. The number of rotatable bonds is 5. The van der Waals surface area contributed by atoms with Crippen LogP contribution < -0.4 is 20.1 Å². The maximum absolute atomic E-state index is 13.3. The molecule has 1 aromatic heterocycles. The third-order valence-electron chi connectivity index (χ3n) is 4.94. The van der Waals surface area contributed by atoms with Crippen LogP contribution in [0.3, 0.4) is 0 Å². The molecule has 0 aliphatic carbocycles. The number of aromatic nitrogens is 1. The molecule has 2 aromatic rings. The highest BCUT2D eigenvalue weighted by Crippen LogP contribution is 2.36. The van der Waals surface area contributed by atoms with Gasteiger partial charge in [-0.1, -0.05) is 0 Å². The molecule has 1 saturated heterocycles. The number of amides is 1. The average molecular weight is 458 g/mol. The first-order chi connectivity index (χ1) is 14.5. The van der Waals surface area contributed by atoms with Crippen LogP contribution in [-0.2, 0) is 21.0 Å². The Kier molecular flexibility index (Phi) is 6.41. The van der Waals surface area contributed by atoms with E-state index >= 15 is 0 Å². The molecule has 1 aliphatic heterocycles. The van der Waals surface area contributed by atoms with E-state index in [1.807, 2.05) is 0 Å². The second-order valence-electron chi connectivity index (χ2n) is 7.05. The van der Waals surface area contributed by atoms with Crippen molar-refractivity contribution in [3.8, 4) is 5.75 Å². The number of carbonyl (C=O) groups is 1. The lowest BCUT2D eigenvalue weighted by Gasteiger charge is -2.34. The number of primary sulfonamides is 1. The van der Waals surface area contributed by atoms with Gasteiger partial charge >= 0.3 is 6.18 Å². The summed E-state index contributed by atoms with van der Waals surface area (Å²) in [7, 11) is -2.65. The Morgan fingerprint density at radius 3 is 2.71 bits per heavy atom. The summed E-state index contributed by atoms with van der Waals surface area (Å²) in [5.41, 5.74) is -0.761. The summed E-state index contributed by atoms with van der Waals surface area (Å²) in [6.45, 7) is 0.358. The smallest absolute Gasteiger partial charge is 0.419 e. The predicted octanol–water partition coefficient (Wildman–Crippen LogP) is 2.61. The van der Waals surface area contributed by atoms with Crippen molar-refractivity contribution >= 4 is 27.4 Å². The molecule has 3 N–H and O–H groups in total. The van der Waals surface area contributed by atoms with Crippen molar-refractivity contribution in [2.75, 3.05) is 30.4 Å². The third kappa shape index (κ3) is 5.25. The highest BCUT2D eigenvalue weighted by Gasteiger charge is 2.37. The Labute approximate surface area is 177 Å². The van der Waals surface area contributed by atoms with Crippen LogP contribution in [0.4, 0.5) is 24.7 Å². The molecule has 1 aliphatic rings. The monoisotopic (exact) mass is 458 g/mol. The highest BCUT2D eigenvalue weighted by molar-refractivity contribution is 7.89. The quantitative estimate of drug-likeness (QED) is 0.712. The maximum atomic E-state index is 13.3. The van der Waals surface area contributed by atoms with Gasteiger partial charge in [-0.2, -0.15) is 13.2 Å². The molecule has 0 bridgehead atoms. The lowest BCUT2D eigenvalue weighted by molar-refractivity contribution is -0.137. The third-order valence-corrected chi connectivity index (χ3v) is 5.85. The molecule has 1 atom stereocenters. The van der Waals surface area contributed by atoms with Crippen LogP contribution in [-0.4, -0.2) is 39.5 Å². The molecule has 2 heterocycles. The summed E-state index contributed by atoms with van der Waals surface area (Å²) in [5, 5.41) is 7.74. The Hall–Kier alpha value is -2.86. The van der Waals surface area contributed by atoms with Crippen LogP contribution in [0.1, 0.15) is 18.4 Å². The van der Waals surface area contributed by atoms with Crippen LogP contribution in [0, 0.1) is 5.92 Å². The fourth-order valence-corrected chi connectivity index (χ4v) is 3.99.